The smallest absolute Gasteiger partial charge is 0.258 e. The largest absolute Gasteiger partial charge is 0.334 e. The molecule has 3 rings (SSSR count). The van der Waals surface area contributed by atoms with Gasteiger partial charge in [0.2, 0.25) is 5.82 Å². The maximum Gasteiger partial charge on any atom is 0.258 e. The fourth-order valence-corrected chi connectivity index (χ4v) is 2.34. The first kappa shape index (κ1) is 13.9. The van der Waals surface area contributed by atoms with Crippen LogP contribution in [0, 0.1) is 0 Å². The standard InChI is InChI=1S/C15H13BrN4O/c16-13-7-12(8-18-9-13)14-19-15(21-20-14)11-3-1-10(2-4-11)5-6-17/h1-4,7-9H,5-6,17H2. The number of benzene rings is 1. The zero-order chi connectivity index (χ0) is 14.7. The summed E-state index contributed by atoms with van der Waals surface area (Å²) in [6.45, 7) is 0.639. The highest BCUT2D eigenvalue weighted by molar-refractivity contribution is 9.10. The van der Waals surface area contributed by atoms with E-state index in [1.54, 1.807) is 12.4 Å². The third-order valence-corrected chi connectivity index (χ3v) is 3.46. The van der Waals surface area contributed by atoms with Crippen molar-refractivity contribution < 1.29 is 4.52 Å². The predicted molar refractivity (Wildman–Crippen MR) is 83.4 cm³/mol. The molecule has 0 aliphatic rings. The molecule has 0 unspecified atom stereocenters. The molecule has 106 valence electrons. The van der Waals surface area contributed by atoms with Gasteiger partial charge >= 0.3 is 0 Å². The lowest BCUT2D eigenvalue weighted by Crippen LogP contribution is -2.02. The first-order chi connectivity index (χ1) is 10.3. The van der Waals surface area contributed by atoms with E-state index in [9.17, 15) is 0 Å². The van der Waals surface area contributed by atoms with E-state index in [1.165, 1.54) is 5.56 Å². The Hall–Kier alpha value is -2.05. The van der Waals surface area contributed by atoms with Gasteiger partial charge in [0.1, 0.15) is 0 Å². The van der Waals surface area contributed by atoms with Gasteiger partial charge in [-0.2, -0.15) is 4.98 Å². The van der Waals surface area contributed by atoms with Crippen LogP contribution in [0.3, 0.4) is 0 Å². The Labute approximate surface area is 130 Å². The fraction of sp³-hybridized carbons (Fsp3) is 0.133. The number of nitrogens with two attached hydrogens (primary N) is 1. The maximum absolute atomic E-state index is 5.54. The number of rotatable bonds is 4. The van der Waals surface area contributed by atoms with Crippen molar-refractivity contribution in [1.29, 1.82) is 0 Å². The molecule has 1 aromatic carbocycles. The molecular weight excluding hydrogens is 332 g/mol. The van der Waals surface area contributed by atoms with Crippen molar-refractivity contribution >= 4 is 15.9 Å². The molecule has 3 aromatic rings. The Bertz CT molecular complexity index is 739. The van der Waals surface area contributed by atoms with Crippen LogP contribution in [0.2, 0.25) is 0 Å². The normalized spacial score (nSPS) is 10.8. The monoisotopic (exact) mass is 344 g/mol. The molecule has 2 N–H and O–H groups in total. The summed E-state index contributed by atoms with van der Waals surface area (Å²) < 4.78 is 6.19. The third kappa shape index (κ3) is 3.17. The van der Waals surface area contributed by atoms with Crippen molar-refractivity contribution in [2.24, 2.45) is 5.73 Å². The number of pyridine rings is 1. The van der Waals surface area contributed by atoms with E-state index >= 15 is 0 Å². The molecule has 0 fully saturated rings. The summed E-state index contributed by atoms with van der Waals surface area (Å²) >= 11 is 3.37. The summed E-state index contributed by atoms with van der Waals surface area (Å²) in [4.78, 5) is 8.50. The van der Waals surface area contributed by atoms with Crippen molar-refractivity contribution in [3.05, 3.63) is 52.8 Å². The molecule has 2 aromatic heterocycles. The van der Waals surface area contributed by atoms with Crippen molar-refractivity contribution in [2.45, 2.75) is 6.42 Å². The number of halogens is 1. The molecule has 0 spiro atoms. The van der Waals surface area contributed by atoms with E-state index in [4.69, 9.17) is 10.3 Å². The second-order valence-corrected chi connectivity index (χ2v) is 5.47. The summed E-state index contributed by atoms with van der Waals surface area (Å²) in [5, 5.41) is 4.00. The minimum absolute atomic E-state index is 0.490. The van der Waals surface area contributed by atoms with Crippen LogP contribution in [0.25, 0.3) is 22.8 Å². The van der Waals surface area contributed by atoms with E-state index in [0.717, 1.165) is 22.0 Å². The fourth-order valence-electron chi connectivity index (χ4n) is 1.97. The van der Waals surface area contributed by atoms with E-state index < -0.39 is 0 Å². The molecule has 0 saturated heterocycles. The summed E-state index contributed by atoms with van der Waals surface area (Å²) in [7, 11) is 0. The number of aromatic nitrogens is 3. The Balaban J connectivity index is 1.87. The van der Waals surface area contributed by atoms with Crippen LogP contribution in [-0.2, 0) is 6.42 Å². The van der Waals surface area contributed by atoms with Crippen molar-refractivity contribution in [3.63, 3.8) is 0 Å². The highest BCUT2D eigenvalue weighted by atomic mass is 79.9. The van der Waals surface area contributed by atoms with Crippen LogP contribution in [0.4, 0.5) is 0 Å². The summed E-state index contributed by atoms with van der Waals surface area (Å²) in [6.07, 6.45) is 4.27. The Morgan fingerprint density at radius 3 is 2.62 bits per heavy atom. The van der Waals surface area contributed by atoms with Gasteiger partial charge < -0.3 is 10.3 Å². The predicted octanol–water partition coefficient (Wildman–Crippen LogP) is 3.06. The van der Waals surface area contributed by atoms with Gasteiger partial charge in [-0.05, 0) is 52.7 Å². The van der Waals surface area contributed by atoms with Crippen LogP contribution in [0.1, 0.15) is 5.56 Å². The lowest BCUT2D eigenvalue weighted by atomic mass is 10.1. The topological polar surface area (TPSA) is 77.8 Å². The minimum atomic E-state index is 0.490. The van der Waals surface area contributed by atoms with Crippen LogP contribution in [0.5, 0.6) is 0 Å². The highest BCUT2D eigenvalue weighted by Gasteiger charge is 2.11. The SMILES string of the molecule is NCCc1ccc(-c2nc(-c3cncc(Br)c3)no2)cc1. The molecule has 21 heavy (non-hydrogen) atoms. The van der Waals surface area contributed by atoms with Gasteiger partial charge in [-0.1, -0.05) is 17.3 Å². The molecule has 0 amide bonds. The van der Waals surface area contributed by atoms with Crippen molar-refractivity contribution in [3.8, 4) is 22.8 Å². The van der Waals surface area contributed by atoms with Crippen LogP contribution in [-0.4, -0.2) is 21.7 Å². The average molecular weight is 345 g/mol. The van der Waals surface area contributed by atoms with Crippen LogP contribution in [0.15, 0.2) is 51.7 Å². The average Bonchev–Trinajstić information content (AvgIpc) is 2.98. The molecule has 0 bridgehead atoms. The maximum atomic E-state index is 5.54. The number of hydrogen-bond donors (Lipinski definition) is 1. The number of nitrogens with zero attached hydrogens (tertiary/aromatic N) is 3. The second kappa shape index (κ2) is 6.15. The molecule has 2 heterocycles. The zero-order valence-corrected chi connectivity index (χ0v) is 12.7. The highest BCUT2D eigenvalue weighted by Crippen LogP contribution is 2.23. The van der Waals surface area contributed by atoms with Gasteiger partial charge in [-0.15, -0.1) is 0 Å². The van der Waals surface area contributed by atoms with Crippen molar-refractivity contribution in [2.75, 3.05) is 6.54 Å². The lowest BCUT2D eigenvalue weighted by Gasteiger charge is -1.99. The van der Waals surface area contributed by atoms with Crippen LogP contribution < -0.4 is 5.73 Å². The van der Waals surface area contributed by atoms with E-state index in [-0.39, 0.29) is 0 Å². The minimum Gasteiger partial charge on any atom is -0.334 e. The Morgan fingerprint density at radius 2 is 1.90 bits per heavy atom. The molecule has 5 nitrogen and oxygen atoms in total. The zero-order valence-electron chi connectivity index (χ0n) is 11.2. The van der Waals surface area contributed by atoms with Gasteiger partial charge in [0.25, 0.3) is 5.89 Å². The molecule has 0 saturated carbocycles. The van der Waals surface area contributed by atoms with E-state index in [0.29, 0.717) is 18.3 Å². The lowest BCUT2D eigenvalue weighted by molar-refractivity contribution is 0.432. The van der Waals surface area contributed by atoms with Gasteiger partial charge in [-0.3, -0.25) is 4.98 Å². The second-order valence-electron chi connectivity index (χ2n) is 4.55. The summed E-state index contributed by atoms with van der Waals surface area (Å²) in [5.41, 5.74) is 8.42. The molecular formula is C15H13BrN4O. The summed E-state index contributed by atoms with van der Waals surface area (Å²) in [5.74, 6) is 1.01. The molecule has 0 atom stereocenters. The molecule has 0 aliphatic carbocycles. The first-order valence-corrected chi connectivity index (χ1v) is 7.29. The van der Waals surface area contributed by atoms with Gasteiger partial charge in [0.05, 0.1) is 0 Å². The molecule has 0 radical (unpaired) electrons. The Morgan fingerprint density at radius 1 is 1.10 bits per heavy atom. The number of hydrogen-bond acceptors (Lipinski definition) is 5. The molecule has 6 heteroatoms. The molecule has 0 aliphatic heterocycles. The van der Waals surface area contributed by atoms with Gasteiger partial charge in [0.15, 0.2) is 0 Å². The Kier molecular flexibility index (Phi) is 4.08. The quantitative estimate of drug-likeness (QED) is 0.786. The van der Waals surface area contributed by atoms with E-state index in [2.05, 4.69) is 31.1 Å². The third-order valence-electron chi connectivity index (χ3n) is 3.02. The van der Waals surface area contributed by atoms with E-state index in [1.807, 2.05) is 30.3 Å². The van der Waals surface area contributed by atoms with Gasteiger partial charge in [0, 0.05) is 28.0 Å². The summed E-state index contributed by atoms with van der Waals surface area (Å²) in [6, 6.07) is 9.86. The van der Waals surface area contributed by atoms with Crippen LogP contribution >= 0.6 is 15.9 Å². The van der Waals surface area contributed by atoms with Crippen molar-refractivity contribution in [1.82, 2.24) is 15.1 Å². The first-order valence-electron chi connectivity index (χ1n) is 6.50. The van der Waals surface area contributed by atoms with Gasteiger partial charge in [-0.25, -0.2) is 0 Å².